The number of benzene rings is 1. The van der Waals surface area contributed by atoms with Crippen LogP contribution in [-0.4, -0.2) is 28.2 Å². The number of aliphatic hydroxyl groups excluding tert-OH is 1. The van der Waals surface area contributed by atoms with Crippen LogP contribution in [-0.2, 0) is 12.7 Å². The molecule has 0 aliphatic heterocycles. The van der Waals surface area contributed by atoms with Crippen molar-refractivity contribution in [2.45, 2.75) is 12.7 Å². The van der Waals surface area contributed by atoms with Gasteiger partial charge in [0.2, 0.25) is 5.95 Å². The lowest BCUT2D eigenvalue weighted by atomic mass is 10.2. The molecule has 3 N–H and O–H groups in total. The lowest BCUT2D eigenvalue weighted by Crippen LogP contribution is -2.15. The number of halogens is 4. The van der Waals surface area contributed by atoms with Gasteiger partial charge < -0.3 is 15.7 Å². The molecule has 0 saturated heterocycles. The van der Waals surface area contributed by atoms with Gasteiger partial charge in [-0.15, -0.1) is 0 Å². The highest BCUT2D eigenvalue weighted by Crippen LogP contribution is 2.29. The zero-order valence-corrected chi connectivity index (χ0v) is 13.4. The van der Waals surface area contributed by atoms with E-state index in [1.165, 1.54) is 0 Å². The molecule has 0 fully saturated rings. The predicted molar refractivity (Wildman–Crippen MR) is 84.1 cm³/mol. The number of anilines is 2. The Morgan fingerprint density at radius 3 is 2.57 bits per heavy atom. The molecule has 0 bridgehead atoms. The highest BCUT2D eigenvalue weighted by molar-refractivity contribution is 9.10. The minimum atomic E-state index is -4.58. The first kappa shape index (κ1) is 17.5. The topological polar surface area (TPSA) is 70.1 Å². The second-order valence-corrected chi connectivity index (χ2v) is 5.51. The Balaban J connectivity index is 2.19. The number of rotatable bonds is 6. The highest BCUT2D eigenvalue weighted by Gasteiger charge is 2.33. The zero-order chi connectivity index (χ0) is 16.9. The smallest absolute Gasteiger partial charge is 0.395 e. The highest BCUT2D eigenvalue weighted by atomic mass is 79.9. The third kappa shape index (κ3) is 5.36. The molecular formula is C14H14BrF3N4O. The summed E-state index contributed by atoms with van der Waals surface area (Å²) in [5.74, 6) is -0.140. The van der Waals surface area contributed by atoms with Gasteiger partial charge in [-0.05, 0) is 17.7 Å². The minimum absolute atomic E-state index is 0.0488. The van der Waals surface area contributed by atoms with Crippen LogP contribution in [0.15, 0.2) is 34.8 Å². The van der Waals surface area contributed by atoms with Crippen LogP contribution in [0.2, 0.25) is 0 Å². The van der Waals surface area contributed by atoms with Gasteiger partial charge in [-0.1, -0.05) is 28.1 Å². The molecule has 0 radical (unpaired) electrons. The summed E-state index contributed by atoms with van der Waals surface area (Å²) in [5, 5.41) is 14.1. The molecule has 0 saturated carbocycles. The van der Waals surface area contributed by atoms with Crippen molar-refractivity contribution < 1.29 is 18.3 Å². The van der Waals surface area contributed by atoms with Gasteiger partial charge in [0, 0.05) is 23.6 Å². The van der Waals surface area contributed by atoms with Crippen LogP contribution in [0.1, 0.15) is 11.3 Å². The summed E-state index contributed by atoms with van der Waals surface area (Å²) in [6, 6.07) is 8.23. The van der Waals surface area contributed by atoms with Gasteiger partial charge in [-0.25, -0.2) is 4.98 Å². The van der Waals surface area contributed by atoms with Crippen molar-refractivity contribution in [3.8, 4) is 0 Å². The van der Waals surface area contributed by atoms with E-state index in [4.69, 9.17) is 5.11 Å². The Labute approximate surface area is 139 Å². The molecule has 1 aromatic heterocycles. The first-order valence-corrected chi connectivity index (χ1v) is 7.47. The summed E-state index contributed by atoms with van der Waals surface area (Å²) < 4.78 is 39.5. The maximum absolute atomic E-state index is 12.9. The first-order valence-electron chi connectivity index (χ1n) is 6.68. The molecule has 5 nitrogen and oxygen atoms in total. The summed E-state index contributed by atoms with van der Waals surface area (Å²) in [6.07, 6.45) is -4.58. The average molecular weight is 391 g/mol. The number of aromatic nitrogens is 2. The number of alkyl halides is 3. The molecule has 23 heavy (non-hydrogen) atoms. The van der Waals surface area contributed by atoms with Gasteiger partial charge in [0.25, 0.3) is 0 Å². The molecule has 0 unspecified atom stereocenters. The SMILES string of the molecule is OCCNc1nc(NCc2cccc(Br)c2)cc(C(F)(F)F)n1. The van der Waals surface area contributed by atoms with Crippen LogP contribution >= 0.6 is 15.9 Å². The van der Waals surface area contributed by atoms with Gasteiger partial charge in [-0.3, -0.25) is 0 Å². The van der Waals surface area contributed by atoms with Crippen LogP contribution in [0, 0.1) is 0 Å². The van der Waals surface area contributed by atoms with E-state index >= 15 is 0 Å². The second-order valence-electron chi connectivity index (χ2n) is 4.59. The number of nitrogens with zero attached hydrogens (tertiary/aromatic N) is 2. The largest absolute Gasteiger partial charge is 0.433 e. The van der Waals surface area contributed by atoms with Crippen molar-refractivity contribution in [2.24, 2.45) is 0 Å². The van der Waals surface area contributed by atoms with E-state index in [0.29, 0.717) is 6.54 Å². The maximum atomic E-state index is 12.9. The summed E-state index contributed by atoms with van der Waals surface area (Å²) in [7, 11) is 0. The molecule has 1 heterocycles. The van der Waals surface area contributed by atoms with Gasteiger partial charge in [0.1, 0.15) is 5.82 Å². The number of hydrogen-bond acceptors (Lipinski definition) is 5. The van der Waals surface area contributed by atoms with Crippen molar-refractivity contribution in [3.63, 3.8) is 0 Å². The molecule has 0 amide bonds. The van der Waals surface area contributed by atoms with E-state index in [9.17, 15) is 13.2 Å². The number of hydrogen-bond donors (Lipinski definition) is 3. The molecule has 0 aliphatic rings. The van der Waals surface area contributed by atoms with Crippen molar-refractivity contribution in [2.75, 3.05) is 23.8 Å². The van der Waals surface area contributed by atoms with Crippen molar-refractivity contribution in [3.05, 3.63) is 46.1 Å². The Bertz CT molecular complexity index is 667. The minimum Gasteiger partial charge on any atom is -0.395 e. The van der Waals surface area contributed by atoms with Crippen LogP contribution in [0.5, 0.6) is 0 Å². The third-order valence-corrected chi connectivity index (χ3v) is 3.27. The number of aliphatic hydroxyl groups is 1. The Morgan fingerprint density at radius 1 is 1.13 bits per heavy atom. The van der Waals surface area contributed by atoms with Crippen molar-refractivity contribution in [1.29, 1.82) is 0 Å². The predicted octanol–water partition coefficient (Wildman–Crippen LogP) is 3.27. The van der Waals surface area contributed by atoms with E-state index < -0.39 is 11.9 Å². The van der Waals surface area contributed by atoms with Crippen molar-refractivity contribution >= 4 is 27.7 Å². The monoisotopic (exact) mass is 390 g/mol. The van der Waals surface area contributed by atoms with E-state index in [0.717, 1.165) is 16.1 Å². The molecule has 9 heteroatoms. The quantitative estimate of drug-likeness (QED) is 0.705. The summed E-state index contributed by atoms with van der Waals surface area (Å²) in [6.45, 7) is 0.139. The van der Waals surface area contributed by atoms with E-state index in [1.807, 2.05) is 24.3 Å². The van der Waals surface area contributed by atoms with Gasteiger partial charge in [0.15, 0.2) is 5.69 Å². The first-order chi connectivity index (χ1) is 10.9. The van der Waals surface area contributed by atoms with Gasteiger partial charge >= 0.3 is 6.18 Å². The molecule has 0 aliphatic carbocycles. The molecule has 1 aromatic carbocycles. The van der Waals surface area contributed by atoms with E-state index in [2.05, 4.69) is 36.5 Å². The normalized spacial score (nSPS) is 11.3. The van der Waals surface area contributed by atoms with E-state index in [-0.39, 0.29) is 24.9 Å². The fourth-order valence-electron chi connectivity index (χ4n) is 1.77. The van der Waals surface area contributed by atoms with Crippen LogP contribution in [0.3, 0.4) is 0 Å². The lowest BCUT2D eigenvalue weighted by Gasteiger charge is -2.12. The maximum Gasteiger partial charge on any atom is 0.433 e. The van der Waals surface area contributed by atoms with E-state index in [1.54, 1.807) is 0 Å². The summed E-state index contributed by atoms with van der Waals surface area (Å²) in [4.78, 5) is 7.37. The van der Waals surface area contributed by atoms with Crippen LogP contribution in [0.4, 0.5) is 24.9 Å². The zero-order valence-electron chi connectivity index (χ0n) is 11.9. The third-order valence-electron chi connectivity index (χ3n) is 2.77. The standard InChI is InChI=1S/C14H14BrF3N4O/c15-10-3-1-2-9(6-10)8-20-12-7-11(14(16,17)18)21-13(22-12)19-4-5-23/h1-3,6-7,23H,4-5,8H2,(H2,19,20,21,22). The molecule has 2 aromatic rings. The fourth-order valence-corrected chi connectivity index (χ4v) is 2.22. The molecular weight excluding hydrogens is 377 g/mol. The Morgan fingerprint density at radius 2 is 1.91 bits per heavy atom. The summed E-state index contributed by atoms with van der Waals surface area (Å²) >= 11 is 3.33. The molecule has 0 atom stereocenters. The number of nitrogens with one attached hydrogen (secondary N) is 2. The Hall–Kier alpha value is -1.87. The lowest BCUT2D eigenvalue weighted by molar-refractivity contribution is -0.141. The van der Waals surface area contributed by atoms with Crippen LogP contribution in [0.25, 0.3) is 0 Å². The summed E-state index contributed by atoms with van der Waals surface area (Å²) in [5.41, 5.74) is -0.166. The van der Waals surface area contributed by atoms with Gasteiger partial charge in [-0.2, -0.15) is 18.2 Å². The molecule has 0 spiro atoms. The molecule has 2 rings (SSSR count). The molecule has 124 valence electrons. The van der Waals surface area contributed by atoms with Crippen LogP contribution < -0.4 is 10.6 Å². The van der Waals surface area contributed by atoms with Crippen molar-refractivity contribution in [1.82, 2.24) is 9.97 Å². The van der Waals surface area contributed by atoms with Gasteiger partial charge in [0.05, 0.1) is 6.61 Å². The average Bonchev–Trinajstić information content (AvgIpc) is 2.50. The fraction of sp³-hybridized carbons (Fsp3) is 0.286. The Kier molecular flexibility index (Phi) is 5.78. The second kappa shape index (κ2) is 7.60.